The van der Waals surface area contributed by atoms with Gasteiger partial charge < -0.3 is 10.1 Å². The molecule has 21 heavy (non-hydrogen) atoms. The van der Waals surface area contributed by atoms with Crippen molar-refractivity contribution >= 4 is 11.6 Å². The molecule has 2 aromatic rings. The van der Waals surface area contributed by atoms with Crippen molar-refractivity contribution in [2.45, 2.75) is 12.5 Å². The summed E-state index contributed by atoms with van der Waals surface area (Å²) >= 11 is 6.14. The van der Waals surface area contributed by atoms with Crippen molar-refractivity contribution in [2.24, 2.45) is 0 Å². The molecule has 3 rings (SSSR count). The van der Waals surface area contributed by atoms with Gasteiger partial charge in [0.25, 0.3) is 0 Å². The van der Waals surface area contributed by atoms with Crippen molar-refractivity contribution in [1.82, 2.24) is 5.32 Å². The molecule has 1 unspecified atom stereocenters. The Balaban J connectivity index is 2.15. The fourth-order valence-corrected chi connectivity index (χ4v) is 2.98. The van der Waals surface area contributed by atoms with E-state index in [2.05, 4.69) is 5.32 Å². The van der Waals surface area contributed by atoms with Crippen molar-refractivity contribution < 1.29 is 13.5 Å². The average Bonchev–Trinajstić information content (AvgIpc) is 2.92. The van der Waals surface area contributed by atoms with Crippen LogP contribution in [0.1, 0.15) is 22.7 Å². The van der Waals surface area contributed by atoms with Gasteiger partial charge >= 0.3 is 0 Å². The molecule has 1 aliphatic rings. The van der Waals surface area contributed by atoms with E-state index in [0.29, 0.717) is 17.4 Å². The minimum Gasteiger partial charge on any atom is -0.493 e. The van der Waals surface area contributed by atoms with Crippen molar-refractivity contribution in [1.29, 1.82) is 0 Å². The van der Waals surface area contributed by atoms with E-state index in [4.69, 9.17) is 16.3 Å². The van der Waals surface area contributed by atoms with Crippen LogP contribution in [0.3, 0.4) is 0 Å². The third-order valence-electron chi connectivity index (χ3n) is 3.67. The van der Waals surface area contributed by atoms with Crippen molar-refractivity contribution in [3.63, 3.8) is 0 Å². The third-order valence-corrected chi connectivity index (χ3v) is 3.89. The van der Waals surface area contributed by atoms with E-state index in [0.717, 1.165) is 23.6 Å². The molecule has 0 aromatic heterocycles. The van der Waals surface area contributed by atoms with Crippen LogP contribution in [0.4, 0.5) is 8.78 Å². The summed E-state index contributed by atoms with van der Waals surface area (Å²) in [5.41, 5.74) is 1.95. The molecule has 1 aliphatic heterocycles. The Hall–Kier alpha value is -1.65. The van der Waals surface area contributed by atoms with E-state index in [1.165, 1.54) is 6.07 Å². The lowest BCUT2D eigenvalue weighted by Crippen LogP contribution is -2.20. The summed E-state index contributed by atoms with van der Waals surface area (Å²) in [6, 6.07) is 7.21. The molecule has 1 atom stereocenters. The van der Waals surface area contributed by atoms with E-state index in [1.54, 1.807) is 19.2 Å². The molecule has 1 N–H and O–H groups in total. The molecular weight excluding hydrogens is 296 g/mol. The second-order valence-corrected chi connectivity index (χ2v) is 5.38. The van der Waals surface area contributed by atoms with E-state index >= 15 is 0 Å². The Labute approximate surface area is 126 Å². The first kappa shape index (κ1) is 14.3. The third kappa shape index (κ3) is 2.49. The Morgan fingerprint density at radius 3 is 2.81 bits per heavy atom. The summed E-state index contributed by atoms with van der Waals surface area (Å²) in [7, 11) is 1.69. The SMILES string of the molecule is CNC(c1cccc(F)c1F)c1cc(Cl)cc2c1OCC2. The molecule has 5 heteroatoms. The maximum Gasteiger partial charge on any atom is 0.163 e. The first-order valence-corrected chi connectivity index (χ1v) is 7.06. The molecule has 0 amide bonds. The topological polar surface area (TPSA) is 21.3 Å². The van der Waals surface area contributed by atoms with Gasteiger partial charge in [-0.05, 0) is 30.8 Å². The molecule has 0 saturated carbocycles. The van der Waals surface area contributed by atoms with Gasteiger partial charge in [0.1, 0.15) is 5.75 Å². The van der Waals surface area contributed by atoms with Crippen LogP contribution in [-0.2, 0) is 6.42 Å². The van der Waals surface area contributed by atoms with Crippen LogP contribution in [0.25, 0.3) is 0 Å². The van der Waals surface area contributed by atoms with Gasteiger partial charge in [-0.1, -0.05) is 23.7 Å². The summed E-state index contributed by atoms with van der Waals surface area (Å²) in [6.07, 6.45) is 0.769. The molecule has 0 bridgehead atoms. The predicted molar refractivity (Wildman–Crippen MR) is 77.9 cm³/mol. The van der Waals surface area contributed by atoms with Crippen LogP contribution >= 0.6 is 11.6 Å². The van der Waals surface area contributed by atoms with Crippen molar-refractivity contribution in [3.8, 4) is 5.75 Å². The van der Waals surface area contributed by atoms with Crippen LogP contribution in [0.2, 0.25) is 5.02 Å². The highest BCUT2D eigenvalue weighted by molar-refractivity contribution is 6.30. The molecule has 0 fully saturated rings. The number of hydrogen-bond acceptors (Lipinski definition) is 2. The van der Waals surface area contributed by atoms with Gasteiger partial charge in [-0.3, -0.25) is 0 Å². The Kier molecular flexibility index (Phi) is 3.83. The zero-order valence-corrected chi connectivity index (χ0v) is 12.2. The van der Waals surface area contributed by atoms with E-state index in [-0.39, 0.29) is 5.56 Å². The van der Waals surface area contributed by atoms with Gasteiger partial charge in [0.05, 0.1) is 12.6 Å². The summed E-state index contributed by atoms with van der Waals surface area (Å²) in [6.45, 7) is 0.574. The first-order chi connectivity index (χ1) is 10.1. The molecule has 2 aromatic carbocycles. The highest BCUT2D eigenvalue weighted by atomic mass is 35.5. The van der Waals surface area contributed by atoms with Crippen LogP contribution in [0.15, 0.2) is 30.3 Å². The predicted octanol–water partition coefficient (Wildman–Crippen LogP) is 3.86. The monoisotopic (exact) mass is 309 g/mol. The Bertz CT molecular complexity index is 690. The maximum atomic E-state index is 14.1. The van der Waals surface area contributed by atoms with Gasteiger partial charge in [-0.15, -0.1) is 0 Å². The fourth-order valence-electron chi connectivity index (χ4n) is 2.73. The molecule has 0 saturated heterocycles. The number of hydrogen-bond donors (Lipinski definition) is 1. The number of ether oxygens (including phenoxy) is 1. The van der Waals surface area contributed by atoms with E-state index < -0.39 is 17.7 Å². The standard InChI is InChI=1S/C16H14ClF2NO/c1-20-15(11-3-2-4-13(18)14(11)19)12-8-10(17)7-9-5-6-21-16(9)12/h2-4,7-8,15,20H,5-6H2,1H3. The minimum absolute atomic E-state index is 0.234. The zero-order valence-electron chi connectivity index (χ0n) is 11.4. The maximum absolute atomic E-state index is 14.1. The van der Waals surface area contributed by atoms with Crippen LogP contribution < -0.4 is 10.1 Å². The molecule has 2 nitrogen and oxygen atoms in total. The molecule has 0 spiro atoms. The Morgan fingerprint density at radius 2 is 2.05 bits per heavy atom. The molecule has 0 aliphatic carbocycles. The van der Waals surface area contributed by atoms with Gasteiger partial charge in [0, 0.05) is 22.6 Å². The number of halogens is 3. The number of benzene rings is 2. The number of rotatable bonds is 3. The Morgan fingerprint density at radius 1 is 1.24 bits per heavy atom. The van der Waals surface area contributed by atoms with Gasteiger partial charge in [0.15, 0.2) is 11.6 Å². The second-order valence-electron chi connectivity index (χ2n) is 4.95. The summed E-state index contributed by atoms with van der Waals surface area (Å²) in [4.78, 5) is 0. The first-order valence-electron chi connectivity index (χ1n) is 6.68. The van der Waals surface area contributed by atoms with E-state index in [9.17, 15) is 8.78 Å². The minimum atomic E-state index is -0.868. The normalized spacial score (nSPS) is 14.7. The summed E-state index contributed by atoms with van der Waals surface area (Å²) in [5.74, 6) is -1.02. The highest BCUT2D eigenvalue weighted by Crippen LogP contribution is 2.39. The van der Waals surface area contributed by atoms with Gasteiger partial charge in [-0.25, -0.2) is 8.78 Å². The van der Waals surface area contributed by atoms with Crippen LogP contribution in [0.5, 0.6) is 5.75 Å². The zero-order chi connectivity index (χ0) is 15.0. The smallest absolute Gasteiger partial charge is 0.163 e. The van der Waals surface area contributed by atoms with Crippen molar-refractivity contribution in [3.05, 3.63) is 63.7 Å². The van der Waals surface area contributed by atoms with Gasteiger partial charge in [-0.2, -0.15) is 0 Å². The fraction of sp³-hybridized carbons (Fsp3) is 0.250. The lowest BCUT2D eigenvalue weighted by Gasteiger charge is -2.21. The molecule has 1 heterocycles. The average molecular weight is 310 g/mol. The number of fused-ring (bicyclic) bond motifs is 1. The molecule has 110 valence electrons. The lowest BCUT2D eigenvalue weighted by atomic mass is 9.95. The van der Waals surface area contributed by atoms with Crippen LogP contribution in [-0.4, -0.2) is 13.7 Å². The van der Waals surface area contributed by atoms with Crippen molar-refractivity contribution in [2.75, 3.05) is 13.7 Å². The summed E-state index contributed by atoms with van der Waals surface area (Å²) in [5, 5.41) is 3.58. The number of nitrogens with one attached hydrogen (secondary N) is 1. The largest absolute Gasteiger partial charge is 0.493 e. The molecule has 0 radical (unpaired) electrons. The van der Waals surface area contributed by atoms with E-state index in [1.807, 2.05) is 6.07 Å². The lowest BCUT2D eigenvalue weighted by molar-refractivity contribution is 0.350. The second kappa shape index (κ2) is 5.62. The molecular formula is C16H14ClF2NO. The van der Waals surface area contributed by atoms with Crippen LogP contribution in [0, 0.1) is 11.6 Å². The summed E-state index contributed by atoms with van der Waals surface area (Å²) < 4.78 is 33.2. The van der Waals surface area contributed by atoms with Gasteiger partial charge in [0.2, 0.25) is 0 Å². The highest BCUT2D eigenvalue weighted by Gasteiger charge is 2.26. The quantitative estimate of drug-likeness (QED) is 0.929.